The van der Waals surface area contributed by atoms with Crippen molar-refractivity contribution in [1.29, 1.82) is 0 Å². The summed E-state index contributed by atoms with van der Waals surface area (Å²) in [5.41, 5.74) is 6.52. The number of carboxylic acids is 1. The van der Waals surface area contributed by atoms with Gasteiger partial charge in [0.15, 0.2) is 0 Å². The largest absolute Gasteiger partial charge is 0.480 e. The fourth-order valence-corrected chi connectivity index (χ4v) is 2.84. The molecule has 0 spiro atoms. The number of hydrogen-bond donors (Lipinski definition) is 2. The second kappa shape index (κ2) is 9.34. The van der Waals surface area contributed by atoms with E-state index in [1.165, 1.54) is 11.8 Å². The number of rotatable bonds is 9. The third kappa shape index (κ3) is 5.79. The van der Waals surface area contributed by atoms with Gasteiger partial charge in [0.1, 0.15) is 6.04 Å². The molecule has 0 radical (unpaired) electrons. The molecule has 7 heteroatoms. The smallest absolute Gasteiger partial charge is 0.321 e. The Hall–Kier alpha value is -0.620. The van der Waals surface area contributed by atoms with Gasteiger partial charge in [-0.1, -0.05) is 0 Å². The van der Waals surface area contributed by atoms with Crippen molar-refractivity contribution in [3.05, 3.63) is 24.3 Å². The number of halogens is 2. The van der Waals surface area contributed by atoms with Crippen molar-refractivity contribution >= 4 is 46.6 Å². The van der Waals surface area contributed by atoms with E-state index >= 15 is 0 Å². The highest BCUT2D eigenvalue weighted by atomic mass is 35.5. The van der Waals surface area contributed by atoms with E-state index < -0.39 is 12.0 Å². The Balaban J connectivity index is 2.60. The second-order valence-corrected chi connectivity index (χ2v) is 5.96. The maximum absolute atomic E-state index is 10.6. The minimum atomic E-state index is -0.982. The molecule has 0 aliphatic carbocycles. The van der Waals surface area contributed by atoms with Crippen LogP contribution in [0, 0.1) is 0 Å². The molecule has 1 atom stereocenters. The van der Waals surface area contributed by atoms with Crippen LogP contribution in [0.2, 0.25) is 0 Å². The molecular weight excluding hydrogens is 319 g/mol. The van der Waals surface area contributed by atoms with Gasteiger partial charge < -0.3 is 15.7 Å². The number of hydrogen-bond acceptors (Lipinski definition) is 4. The molecule has 3 N–H and O–H groups in total. The maximum atomic E-state index is 10.6. The van der Waals surface area contributed by atoms with Crippen LogP contribution in [0.3, 0.4) is 0 Å². The SMILES string of the molecule is N[C@@H](CSc1ccc(N(CCCl)CCCl)cc1)C(=O)O. The summed E-state index contributed by atoms with van der Waals surface area (Å²) in [6.07, 6.45) is 0. The van der Waals surface area contributed by atoms with Gasteiger partial charge in [0.25, 0.3) is 0 Å². The molecular formula is C13H18Cl2N2O2S. The number of aliphatic carboxylic acids is 1. The Kier molecular flexibility index (Phi) is 8.14. The molecule has 0 amide bonds. The normalized spacial score (nSPS) is 12.2. The molecule has 20 heavy (non-hydrogen) atoms. The number of benzene rings is 1. The van der Waals surface area contributed by atoms with Crippen LogP contribution in [0.5, 0.6) is 0 Å². The van der Waals surface area contributed by atoms with Crippen LogP contribution in [0.4, 0.5) is 5.69 Å². The van der Waals surface area contributed by atoms with Crippen LogP contribution in [0.15, 0.2) is 29.2 Å². The highest BCUT2D eigenvalue weighted by Gasteiger charge is 2.11. The van der Waals surface area contributed by atoms with Gasteiger partial charge in [-0.05, 0) is 24.3 Å². The minimum Gasteiger partial charge on any atom is -0.480 e. The summed E-state index contributed by atoms with van der Waals surface area (Å²) >= 11 is 13.0. The van der Waals surface area contributed by atoms with Gasteiger partial charge >= 0.3 is 5.97 Å². The fraction of sp³-hybridized carbons (Fsp3) is 0.462. The number of carboxylic acid groups (broad SMARTS) is 1. The number of carbonyl (C=O) groups is 1. The Morgan fingerprint density at radius 3 is 2.25 bits per heavy atom. The van der Waals surface area contributed by atoms with E-state index in [1.54, 1.807) is 0 Å². The van der Waals surface area contributed by atoms with Gasteiger partial charge in [-0.15, -0.1) is 35.0 Å². The van der Waals surface area contributed by atoms with Crippen LogP contribution in [0.25, 0.3) is 0 Å². The molecule has 4 nitrogen and oxygen atoms in total. The molecule has 1 aromatic rings. The Morgan fingerprint density at radius 1 is 1.25 bits per heavy atom. The lowest BCUT2D eigenvalue weighted by atomic mass is 10.3. The highest BCUT2D eigenvalue weighted by molar-refractivity contribution is 7.99. The predicted octanol–water partition coefficient (Wildman–Crippen LogP) is 2.47. The molecule has 0 saturated heterocycles. The summed E-state index contributed by atoms with van der Waals surface area (Å²) in [4.78, 5) is 13.7. The number of anilines is 1. The van der Waals surface area contributed by atoms with Gasteiger partial charge in [0.2, 0.25) is 0 Å². The molecule has 0 aromatic heterocycles. The zero-order chi connectivity index (χ0) is 15.0. The highest BCUT2D eigenvalue weighted by Crippen LogP contribution is 2.23. The lowest BCUT2D eigenvalue weighted by Crippen LogP contribution is -2.32. The first-order valence-corrected chi connectivity index (χ1v) is 8.22. The molecule has 0 fully saturated rings. The summed E-state index contributed by atoms with van der Waals surface area (Å²) in [7, 11) is 0. The van der Waals surface area contributed by atoms with E-state index in [9.17, 15) is 4.79 Å². The quantitative estimate of drug-likeness (QED) is 0.535. The van der Waals surface area contributed by atoms with Crippen molar-refractivity contribution in [2.24, 2.45) is 5.73 Å². The van der Waals surface area contributed by atoms with E-state index in [-0.39, 0.29) is 0 Å². The Morgan fingerprint density at radius 2 is 1.80 bits per heavy atom. The predicted molar refractivity (Wildman–Crippen MR) is 86.4 cm³/mol. The van der Waals surface area contributed by atoms with Crippen LogP contribution in [-0.2, 0) is 4.79 Å². The van der Waals surface area contributed by atoms with E-state index in [0.29, 0.717) is 17.5 Å². The van der Waals surface area contributed by atoms with Crippen molar-refractivity contribution in [2.75, 3.05) is 35.5 Å². The van der Waals surface area contributed by atoms with Crippen molar-refractivity contribution < 1.29 is 9.90 Å². The summed E-state index contributed by atoms with van der Waals surface area (Å²) in [5, 5.41) is 8.73. The minimum absolute atomic E-state index is 0.349. The molecule has 0 heterocycles. The summed E-state index contributed by atoms with van der Waals surface area (Å²) in [6.45, 7) is 1.48. The Bertz CT molecular complexity index is 411. The van der Waals surface area contributed by atoms with Gasteiger partial charge in [0, 0.05) is 41.2 Å². The number of nitrogens with zero attached hydrogens (tertiary/aromatic N) is 1. The van der Waals surface area contributed by atoms with E-state index in [0.717, 1.165) is 23.7 Å². The van der Waals surface area contributed by atoms with Crippen LogP contribution < -0.4 is 10.6 Å². The average Bonchev–Trinajstić information content (AvgIpc) is 2.45. The summed E-state index contributed by atoms with van der Waals surface area (Å²) < 4.78 is 0. The molecule has 0 aliphatic heterocycles. The molecule has 112 valence electrons. The topological polar surface area (TPSA) is 66.6 Å². The summed E-state index contributed by atoms with van der Waals surface area (Å²) in [6, 6.07) is 7.01. The lowest BCUT2D eigenvalue weighted by molar-refractivity contribution is -0.137. The lowest BCUT2D eigenvalue weighted by Gasteiger charge is -2.23. The van der Waals surface area contributed by atoms with E-state index in [4.69, 9.17) is 34.0 Å². The second-order valence-electron chi connectivity index (χ2n) is 4.11. The first kappa shape index (κ1) is 17.4. The van der Waals surface area contributed by atoms with Gasteiger partial charge in [0.05, 0.1) is 0 Å². The monoisotopic (exact) mass is 336 g/mol. The van der Waals surface area contributed by atoms with Crippen molar-refractivity contribution in [3.63, 3.8) is 0 Å². The first-order chi connectivity index (χ1) is 9.58. The fourth-order valence-electron chi connectivity index (χ4n) is 1.58. The molecule has 0 aliphatic rings. The zero-order valence-electron chi connectivity index (χ0n) is 11.0. The average molecular weight is 337 g/mol. The zero-order valence-corrected chi connectivity index (χ0v) is 13.3. The van der Waals surface area contributed by atoms with Gasteiger partial charge in [-0.25, -0.2) is 0 Å². The molecule has 0 unspecified atom stereocenters. The molecule has 0 saturated carbocycles. The van der Waals surface area contributed by atoms with Crippen LogP contribution >= 0.6 is 35.0 Å². The first-order valence-electron chi connectivity index (χ1n) is 6.16. The van der Waals surface area contributed by atoms with E-state index in [1.807, 2.05) is 24.3 Å². The number of nitrogens with two attached hydrogens (primary N) is 1. The van der Waals surface area contributed by atoms with Crippen LogP contribution in [0.1, 0.15) is 0 Å². The van der Waals surface area contributed by atoms with Gasteiger partial charge in [-0.2, -0.15) is 0 Å². The van der Waals surface area contributed by atoms with Crippen LogP contribution in [-0.4, -0.2) is 47.7 Å². The van der Waals surface area contributed by atoms with Crippen molar-refractivity contribution in [2.45, 2.75) is 10.9 Å². The standard InChI is InChI=1S/C13H18Cl2N2O2S/c14-5-7-17(8-6-15)10-1-3-11(4-2-10)20-9-12(16)13(18)19/h1-4,12H,5-9,16H2,(H,18,19)/t12-/m0/s1. The van der Waals surface area contributed by atoms with Crippen molar-refractivity contribution in [3.8, 4) is 0 Å². The molecule has 1 rings (SSSR count). The van der Waals surface area contributed by atoms with Gasteiger partial charge in [-0.3, -0.25) is 4.79 Å². The van der Waals surface area contributed by atoms with E-state index in [2.05, 4.69) is 4.90 Å². The molecule has 1 aromatic carbocycles. The number of alkyl halides is 2. The van der Waals surface area contributed by atoms with Crippen molar-refractivity contribution in [1.82, 2.24) is 0 Å². The Labute approximate surface area is 133 Å². The third-order valence-electron chi connectivity index (χ3n) is 2.66. The maximum Gasteiger partial charge on any atom is 0.321 e. The summed E-state index contributed by atoms with van der Waals surface area (Å²) in [5.74, 6) is 0.452. The third-order valence-corrected chi connectivity index (χ3v) is 4.13. The number of thioether (sulfide) groups is 1. The molecule has 0 bridgehead atoms.